The highest BCUT2D eigenvalue weighted by atomic mass is 127. The molecule has 2 aliphatic heterocycles. The van der Waals surface area contributed by atoms with E-state index in [2.05, 4.69) is 130 Å². The lowest BCUT2D eigenvalue weighted by Crippen LogP contribution is -2.15. The fourth-order valence-electron chi connectivity index (χ4n) is 11.6. The SMILES string of the molecule is CI.Clc1ccc(-c2cccc3c2oc2c3ccc3oc4ccccc4c32)cc1.[2H][2H].[2H][2H].[2H][2H].[2H][2H].[2H][2H].[2H][2H].[2H][2H].[2H][2H].[2H][2H].[2H][2H].[2H][2H].[2H][2H].[2H][2H].[2H][2H].[2H][2H].[2H][2H].[2H][2H].[2H][2H].[2H][2H].[2H][2H].[2H][2H].[2H][2H].[2H][2H].[2H][2H].[2H][2H].[2H][2H].[2H][2H].[2H][2H].[2H][2H].[2H][2H].[2H][2H].[2H][2H].[2H][2H].[2H][2H].[2H][2H].[2H][2H].[2H][2H].[2H][2H].[2H][2H].[2H][2H].[2H][2H].[2H][2H].[2H][2H].[2H][2H].[2H][2H].[2H][2H].[2H][2H].[2H][2H].[2H][2H].[2H][2H].[2H][2H].[2H][2H].[2H][2H].[2H][2H].[2H][2H].[2H][2H].[2H][2H].[2H][2H].[2H][2H].[2H][2H].[2H][2H].[2H][2H].[2H][2H].[2H][2H].[2H][2H].[2H][2H].[2H][2H].[2H][2H].[2H][2H].[2H][2H].[2H][2H].[2H][2H].[2H][2H].c1ccc2c(c1)Nc1ccccc1O2.c1ccc2c(c1)Oc1ccccc1N2c1ccc(-c2cccc3c2oc2c3ccc3oc4ccccc4c32)cc1. The lowest BCUT2D eigenvalue weighted by atomic mass is 10.0. The Kier molecular flexibility index (Phi) is 3.72. The molecule has 8 nitrogen and oxygen atoms in total. The summed E-state index contributed by atoms with van der Waals surface area (Å²) in [5, 5.41) is 12.6. The molecule has 0 unspecified atom stereocenters. The number of nitrogens with zero attached hydrogens (tertiary/aromatic N) is 1. The van der Waals surface area contributed by atoms with E-state index in [0.29, 0.717) is 0 Å². The van der Waals surface area contributed by atoms with Crippen LogP contribution in [0.15, 0.2) is 272 Å². The molecule has 0 radical (unpaired) electrons. The maximum Gasteiger partial charge on any atom is 0.151 e. The first kappa shape index (κ1) is 14.8. The molecule has 2 aliphatic rings. The topological polar surface area (TPSA) is 86.3 Å². The van der Waals surface area contributed by atoms with Gasteiger partial charge in [0.1, 0.15) is 44.7 Å². The van der Waals surface area contributed by atoms with Crippen molar-refractivity contribution >= 4 is 150 Å². The van der Waals surface area contributed by atoms with Crippen LogP contribution in [0.2, 0.25) is 5.02 Å². The van der Waals surface area contributed by atoms with Gasteiger partial charge in [-0.1, -0.05) is 180 Å². The Hall–Kier alpha value is -9.94. The number of hydrogen-bond donors (Lipinski definition) is 1. The standard InChI is InChI=1S/C36H21NO3.C24H13ClO2.C12H9NO.CH3I.73H2/c1-4-13-30-27(8-1)34-33(38-30)21-20-26-25-10-7-9-24(35(25)40-36(26)34)22-16-18-23(19-17-22)37-28-11-2-5-14-31(28)39-32-15-6-3-12-29(32)37;25-15-10-8-14(9-11-15)16-5-3-6-17-18-12-13-21-22(24(18)27-23(16)17)19-4-1-2-7-20(19)26-21;1-3-7-11-9(5-1)13-10-6-2-4-8-12(10)14-11;1-2;;;;;;;;;;;;;;;;;;;;;;;;;;;;;;;;;;;;;;;;;;;;;;;;;;;;;;;;;;;;;;;;;;;;;;;;;/h1-21H;1-13H;1-8,13H;1H3;73*1H/i;;;;73*1+1D. The number of anilines is 5. The zero-order valence-electron chi connectivity index (χ0n) is 190. The maximum absolute atomic E-state index is 6.67. The summed E-state index contributed by atoms with van der Waals surface area (Å²) in [6.07, 6.45) is 0. The van der Waals surface area contributed by atoms with Crippen LogP contribution < -0.4 is 19.7 Å². The summed E-state index contributed by atoms with van der Waals surface area (Å²) in [7, 11) is 0. The number of hydrogen-bond acceptors (Lipinski definition) is 8. The molecule has 6 heterocycles. The Bertz CT molecular complexity index is 5220. The van der Waals surface area contributed by atoms with E-state index in [4.69, 9.17) is 256 Å². The second kappa shape index (κ2) is 20.9. The largest absolute Gasteiger partial charge is 0.456 e. The van der Waals surface area contributed by atoms with Crippen LogP contribution in [0.5, 0.6) is 23.0 Å². The summed E-state index contributed by atoms with van der Waals surface area (Å²) in [6.45, 7) is 0. The van der Waals surface area contributed by atoms with Gasteiger partial charge in [0.2, 0.25) is 0 Å². The molecule has 83 heavy (non-hydrogen) atoms. The molecule has 0 atom stereocenters. The normalized spacial score (nSPS) is 19.1. The van der Waals surface area contributed by atoms with Crippen LogP contribution in [-0.4, -0.2) is 4.93 Å². The third-order valence-corrected chi connectivity index (χ3v) is 15.5. The van der Waals surface area contributed by atoms with Crippen molar-refractivity contribution in [3.05, 3.63) is 260 Å². The second-order valence-corrected chi connectivity index (χ2v) is 20.5. The summed E-state index contributed by atoms with van der Waals surface area (Å²) < 4.78 is 767. The first-order chi connectivity index (χ1) is 114. The molecule has 544 valence electrons. The first-order valence-corrected chi connectivity index (χ1v) is 29.6. The predicted molar refractivity (Wildman–Crippen MR) is 503 cm³/mol. The number of benzene rings is 12. The highest BCUT2D eigenvalue weighted by Gasteiger charge is 2.26. The summed E-state index contributed by atoms with van der Waals surface area (Å²) in [5.41, 5.74) is 16.3. The van der Waals surface area contributed by atoms with E-state index < -0.39 is 0 Å². The third-order valence-electron chi connectivity index (χ3n) is 15.3. The Labute approximate surface area is 719 Å². The zero-order chi connectivity index (χ0) is 202. The lowest BCUT2D eigenvalue weighted by molar-refractivity contribution is 0.477. The molecule has 10 heteroatoms. The summed E-state index contributed by atoms with van der Waals surface area (Å²) in [5.74, 6) is 3.45. The van der Waals surface area contributed by atoms with E-state index in [1.165, 1.54) is 0 Å². The van der Waals surface area contributed by atoms with Gasteiger partial charge in [-0.2, -0.15) is 0 Å². The molecular weight excluding hydrogens is 1160 g/mol. The van der Waals surface area contributed by atoms with Crippen molar-refractivity contribution in [1.29, 1.82) is 0 Å². The van der Waals surface area contributed by atoms with Crippen molar-refractivity contribution in [3.63, 3.8) is 0 Å². The Morgan fingerprint density at radius 1 is 0.349 bits per heavy atom. The van der Waals surface area contributed by atoms with Gasteiger partial charge in [-0.15, -0.1) is 0 Å². The molecule has 1 N–H and O–H groups in total. The van der Waals surface area contributed by atoms with Gasteiger partial charge >= 0.3 is 0 Å². The van der Waals surface area contributed by atoms with Gasteiger partial charge in [0.25, 0.3) is 0 Å². The van der Waals surface area contributed by atoms with E-state index in [0.717, 1.165) is 166 Å². The molecule has 0 spiro atoms. The number of furan rings is 4. The molecule has 0 bridgehead atoms. The highest BCUT2D eigenvalue weighted by Crippen LogP contribution is 2.51. The molecule has 16 aromatic rings. The maximum atomic E-state index is 6.67. The minimum atomic E-state index is 0.724. The first-order valence-electron chi connectivity index (χ1n) is 100. The average Bonchev–Trinajstić information content (AvgIpc) is 1.58. The molecule has 18 rings (SSSR count). The number of nitrogens with one attached hydrogen (secondary N) is 1. The average molecular weight is 1500 g/mol. The van der Waals surface area contributed by atoms with Crippen LogP contribution >= 0.6 is 34.2 Å². The molecule has 0 saturated carbocycles. The Balaban J connectivity index is -0.0000000242. The molecular formula is C73H192ClIN2O6. The zero-order valence-corrected chi connectivity index (χ0v) is 47.3. The second-order valence-electron chi connectivity index (χ2n) is 20.0. The van der Waals surface area contributed by atoms with Crippen molar-refractivity contribution in [2.24, 2.45) is 0 Å². The fraction of sp³-hybridized carbons (Fsp3) is 0.0137. The van der Waals surface area contributed by atoms with Crippen LogP contribution in [0.1, 0.15) is 217 Å². The van der Waals surface area contributed by atoms with E-state index in [9.17, 15) is 0 Å². The smallest absolute Gasteiger partial charge is 0.151 e. The highest BCUT2D eigenvalue weighted by molar-refractivity contribution is 14.1. The van der Waals surface area contributed by atoms with Crippen LogP contribution in [0.25, 0.3) is 110 Å². The van der Waals surface area contributed by atoms with E-state index in [-0.39, 0.29) is 0 Å². The van der Waals surface area contributed by atoms with Gasteiger partial charge in [0.15, 0.2) is 23.0 Å². The lowest BCUT2D eigenvalue weighted by Gasteiger charge is -2.32. The summed E-state index contributed by atoms with van der Waals surface area (Å²) in [6, 6.07) is 85.7. The van der Waals surface area contributed by atoms with Crippen LogP contribution in [0.4, 0.5) is 28.4 Å². The van der Waals surface area contributed by atoms with Gasteiger partial charge in [-0.3, -0.25) is 0 Å². The van der Waals surface area contributed by atoms with Gasteiger partial charge in [-0.05, 0) is 125 Å². The Morgan fingerprint density at radius 2 is 0.747 bits per heavy atom. The Morgan fingerprint density at radius 3 is 1.25 bits per heavy atom. The van der Waals surface area contributed by atoms with Crippen LogP contribution in [0, 0.1) is 0 Å². The summed E-state index contributed by atoms with van der Waals surface area (Å²) >= 11 is 8.21. The molecule has 0 saturated heterocycles. The minimum absolute atomic E-state index is 0.724. The van der Waals surface area contributed by atoms with Crippen molar-refractivity contribution in [2.45, 2.75) is 0 Å². The van der Waals surface area contributed by atoms with Gasteiger partial charge in [0.05, 0.1) is 33.5 Å². The number of rotatable bonds is 3. The molecule has 4 aromatic heterocycles. The van der Waals surface area contributed by atoms with E-state index >= 15 is 0 Å². The number of halogens is 2. The fourth-order valence-corrected chi connectivity index (χ4v) is 11.7. The van der Waals surface area contributed by atoms with Crippen LogP contribution in [-0.2, 0) is 0 Å². The van der Waals surface area contributed by atoms with Gasteiger partial charge in [0, 0.05) is 271 Å². The van der Waals surface area contributed by atoms with E-state index in [1.807, 2.05) is 163 Å². The van der Waals surface area contributed by atoms with Crippen molar-refractivity contribution < 1.29 is 244 Å². The minimum Gasteiger partial charge on any atom is -0.456 e. The van der Waals surface area contributed by atoms with Gasteiger partial charge < -0.3 is 37.4 Å². The third kappa shape index (κ3) is 8.66. The predicted octanol–water partition coefficient (Wildman–Crippen LogP) is 41.1. The molecule has 0 aliphatic carbocycles. The summed E-state index contributed by atoms with van der Waals surface area (Å²) in [4.78, 5) is 4.22. The number of alkyl halides is 1. The van der Waals surface area contributed by atoms with E-state index in [1.54, 1.807) is 0 Å². The van der Waals surface area contributed by atoms with Crippen molar-refractivity contribution in [3.8, 4) is 45.3 Å². The van der Waals surface area contributed by atoms with Crippen molar-refractivity contribution in [2.75, 3.05) is 15.1 Å². The molecule has 0 amide bonds. The molecule has 12 aromatic carbocycles. The number of ether oxygens (including phenoxy) is 2. The van der Waals surface area contributed by atoms with Crippen LogP contribution in [0.3, 0.4) is 0 Å². The molecule has 0 fully saturated rings. The van der Waals surface area contributed by atoms with Gasteiger partial charge in [-0.25, -0.2) is 0 Å². The number of para-hydroxylation sites is 12. The van der Waals surface area contributed by atoms with Crippen molar-refractivity contribution in [1.82, 2.24) is 0 Å². The quantitative estimate of drug-likeness (QED) is 0.138. The monoisotopic (exact) mass is 1500 g/mol. The number of fused-ring (bicyclic) bond motifs is 18.